The molecule has 2 aromatic rings. The Balaban J connectivity index is 2.08. The summed E-state index contributed by atoms with van der Waals surface area (Å²) in [5.41, 5.74) is 6.56. The summed E-state index contributed by atoms with van der Waals surface area (Å²) < 4.78 is 1.06. The van der Waals surface area contributed by atoms with E-state index in [1.807, 2.05) is 25.1 Å². The van der Waals surface area contributed by atoms with Crippen LogP contribution >= 0.6 is 34.4 Å². The topological polar surface area (TPSA) is 115 Å². The molecule has 0 radical (unpaired) electrons. The second-order valence-corrected chi connectivity index (χ2v) is 7.36. The normalized spacial score (nSPS) is 10.3. The number of carbonyl (C=O) groups excluding carboxylic acids is 2. The second kappa shape index (κ2) is 8.30. The molecule has 0 aliphatic carbocycles. The van der Waals surface area contributed by atoms with Gasteiger partial charge in [0, 0.05) is 20.9 Å². The number of nitrogens with zero attached hydrogens (tertiary/aromatic N) is 1. The molecule has 0 atom stereocenters. The van der Waals surface area contributed by atoms with E-state index in [2.05, 4.69) is 27.9 Å². The molecular formula is C16H14IN3O4S. The highest BCUT2D eigenvalue weighted by atomic mass is 127. The average Bonchev–Trinajstić information content (AvgIpc) is 2.55. The molecule has 0 aromatic heterocycles. The number of thioether (sulfide) groups is 1. The van der Waals surface area contributed by atoms with Crippen LogP contribution in [0.1, 0.15) is 15.9 Å². The summed E-state index contributed by atoms with van der Waals surface area (Å²) in [5.74, 6) is -1.02. The van der Waals surface area contributed by atoms with E-state index in [1.54, 1.807) is 0 Å². The van der Waals surface area contributed by atoms with Gasteiger partial charge in [-0.15, -0.1) is 11.8 Å². The van der Waals surface area contributed by atoms with Gasteiger partial charge >= 0.3 is 0 Å². The van der Waals surface area contributed by atoms with Crippen LogP contribution in [0.25, 0.3) is 0 Å². The fraction of sp³-hybridized carbons (Fsp3) is 0.125. The summed E-state index contributed by atoms with van der Waals surface area (Å²) in [6, 6.07) is 9.57. The standard InChI is InChI=1S/C16H14IN3O4S/c1-9-6-11(17)3-4-12(9)19-15(21)8-25-14-5-2-10(16(18)22)7-13(14)20(23)24/h2-7H,8H2,1H3,(H2,18,22)(H,19,21). The lowest BCUT2D eigenvalue weighted by molar-refractivity contribution is -0.387. The maximum absolute atomic E-state index is 12.1. The Morgan fingerprint density at radius 2 is 2.00 bits per heavy atom. The van der Waals surface area contributed by atoms with E-state index < -0.39 is 10.8 Å². The van der Waals surface area contributed by atoms with Crippen molar-refractivity contribution in [3.63, 3.8) is 0 Å². The van der Waals surface area contributed by atoms with E-state index in [4.69, 9.17) is 5.73 Å². The number of nitrogens with two attached hydrogens (primary N) is 1. The van der Waals surface area contributed by atoms with Crippen molar-refractivity contribution in [1.82, 2.24) is 0 Å². The molecule has 0 heterocycles. The molecule has 0 aliphatic heterocycles. The zero-order chi connectivity index (χ0) is 18.6. The van der Waals surface area contributed by atoms with Crippen LogP contribution in [-0.4, -0.2) is 22.5 Å². The van der Waals surface area contributed by atoms with Gasteiger partial charge in [0.1, 0.15) is 0 Å². The first-order valence-electron chi connectivity index (χ1n) is 7.05. The summed E-state index contributed by atoms with van der Waals surface area (Å²) in [6.07, 6.45) is 0. The fourth-order valence-electron chi connectivity index (χ4n) is 2.03. The first-order valence-corrected chi connectivity index (χ1v) is 9.11. The number of hydrogen-bond acceptors (Lipinski definition) is 5. The van der Waals surface area contributed by atoms with Gasteiger partial charge in [-0.1, -0.05) is 0 Å². The minimum Gasteiger partial charge on any atom is -0.366 e. The Kier molecular flexibility index (Phi) is 6.37. The van der Waals surface area contributed by atoms with Crippen molar-refractivity contribution in [2.45, 2.75) is 11.8 Å². The molecule has 25 heavy (non-hydrogen) atoms. The number of carbonyl (C=O) groups is 2. The first kappa shape index (κ1) is 19.2. The molecule has 7 nitrogen and oxygen atoms in total. The van der Waals surface area contributed by atoms with Crippen LogP contribution in [0.15, 0.2) is 41.3 Å². The number of benzene rings is 2. The molecule has 9 heteroatoms. The van der Waals surface area contributed by atoms with E-state index >= 15 is 0 Å². The Bertz CT molecular complexity index is 857. The molecule has 0 saturated carbocycles. The van der Waals surface area contributed by atoms with Gasteiger partial charge in [-0.3, -0.25) is 19.7 Å². The third kappa shape index (κ3) is 5.16. The van der Waals surface area contributed by atoms with Crippen LogP contribution in [0, 0.1) is 20.6 Å². The van der Waals surface area contributed by atoms with Crippen LogP contribution in [0.3, 0.4) is 0 Å². The first-order chi connectivity index (χ1) is 11.8. The number of nitrogens with one attached hydrogen (secondary N) is 1. The largest absolute Gasteiger partial charge is 0.366 e. The van der Waals surface area contributed by atoms with Gasteiger partial charge in [0.2, 0.25) is 11.8 Å². The molecule has 3 N–H and O–H groups in total. The lowest BCUT2D eigenvalue weighted by atomic mass is 10.2. The van der Waals surface area contributed by atoms with Crippen molar-refractivity contribution in [1.29, 1.82) is 0 Å². The molecule has 0 aliphatic rings. The van der Waals surface area contributed by atoms with Gasteiger partial charge in [-0.05, 0) is 65.4 Å². The molecule has 0 fully saturated rings. The quantitative estimate of drug-likeness (QED) is 0.290. The number of halogens is 1. The van der Waals surface area contributed by atoms with Crippen LogP contribution in [0.2, 0.25) is 0 Å². The van der Waals surface area contributed by atoms with Crippen molar-refractivity contribution < 1.29 is 14.5 Å². The number of amides is 2. The smallest absolute Gasteiger partial charge is 0.283 e. The van der Waals surface area contributed by atoms with Crippen molar-refractivity contribution in [2.24, 2.45) is 5.73 Å². The summed E-state index contributed by atoms with van der Waals surface area (Å²) >= 11 is 3.21. The van der Waals surface area contributed by atoms with Crippen molar-refractivity contribution in [2.75, 3.05) is 11.1 Å². The number of anilines is 1. The Hall–Kier alpha value is -2.14. The van der Waals surface area contributed by atoms with Crippen LogP contribution in [0.4, 0.5) is 11.4 Å². The highest BCUT2D eigenvalue weighted by molar-refractivity contribution is 14.1. The lowest BCUT2D eigenvalue weighted by Crippen LogP contribution is -2.15. The van der Waals surface area contributed by atoms with Gasteiger partial charge in [0.25, 0.3) is 5.69 Å². The van der Waals surface area contributed by atoms with E-state index in [9.17, 15) is 19.7 Å². The number of primary amides is 1. The maximum atomic E-state index is 12.1. The molecular weight excluding hydrogens is 457 g/mol. The monoisotopic (exact) mass is 471 g/mol. The maximum Gasteiger partial charge on any atom is 0.283 e. The highest BCUT2D eigenvalue weighted by Crippen LogP contribution is 2.30. The molecule has 0 saturated heterocycles. The average molecular weight is 471 g/mol. The molecule has 0 unspecified atom stereocenters. The molecule has 0 spiro atoms. The highest BCUT2D eigenvalue weighted by Gasteiger charge is 2.18. The number of nitro groups is 1. The van der Waals surface area contributed by atoms with E-state index in [0.29, 0.717) is 10.6 Å². The van der Waals surface area contributed by atoms with Crippen molar-refractivity contribution >= 4 is 57.5 Å². The van der Waals surface area contributed by atoms with Crippen LogP contribution < -0.4 is 11.1 Å². The number of nitro benzene ring substituents is 1. The predicted molar refractivity (Wildman–Crippen MR) is 105 cm³/mol. The SMILES string of the molecule is Cc1cc(I)ccc1NC(=O)CSc1ccc(C(N)=O)cc1[N+](=O)[O-]. The molecule has 2 aromatic carbocycles. The minimum atomic E-state index is -0.744. The third-order valence-corrected chi connectivity index (χ3v) is 5.00. The van der Waals surface area contributed by atoms with E-state index in [1.165, 1.54) is 12.1 Å². The Morgan fingerprint density at radius 1 is 1.28 bits per heavy atom. The van der Waals surface area contributed by atoms with Crippen molar-refractivity contribution in [3.8, 4) is 0 Å². The summed E-state index contributed by atoms with van der Waals surface area (Å²) in [5, 5.41) is 13.9. The zero-order valence-corrected chi connectivity index (χ0v) is 16.1. The van der Waals surface area contributed by atoms with Gasteiger partial charge in [0.15, 0.2) is 0 Å². The summed E-state index contributed by atoms with van der Waals surface area (Å²) in [6.45, 7) is 1.89. The third-order valence-electron chi connectivity index (χ3n) is 3.26. The van der Waals surface area contributed by atoms with Crippen molar-refractivity contribution in [3.05, 3.63) is 61.2 Å². The minimum absolute atomic E-state index is 0.00217. The fourth-order valence-corrected chi connectivity index (χ4v) is 3.48. The summed E-state index contributed by atoms with van der Waals surface area (Å²) in [4.78, 5) is 34.1. The van der Waals surface area contributed by atoms with Gasteiger partial charge < -0.3 is 11.1 Å². The molecule has 0 bridgehead atoms. The van der Waals surface area contributed by atoms with Crippen LogP contribution in [-0.2, 0) is 4.79 Å². The number of hydrogen-bond donors (Lipinski definition) is 2. The van der Waals surface area contributed by atoms with Gasteiger partial charge in [-0.25, -0.2) is 0 Å². The Morgan fingerprint density at radius 3 is 2.60 bits per heavy atom. The van der Waals surface area contributed by atoms with E-state index in [-0.39, 0.29) is 22.9 Å². The molecule has 130 valence electrons. The predicted octanol–water partition coefficient (Wildman–Crippen LogP) is 3.34. The molecule has 2 rings (SSSR count). The van der Waals surface area contributed by atoms with Gasteiger partial charge in [-0.2, -0.15) is 0 Å². The second-order valence-electron chi connectivity index (χ2n) is 5.10. The number of rotatable bonds is 6. The Labute approximate surface area is 161 Å². The molecule has 2 amide bonds. The van der Waals surface area contributed by atoms with E-state index in [0.717, 1.165) is 27.0 Å². The zero-order valence-electron chi connectivity index (χ0n) is 13.1. The van der Waals surface area contributed by atoms with Crippen LogP contribution in [0.5, 0.6) is 0 Å². The summed E-state index contributed by atoms with van der Waals surface area (Å²) in [7, 11) is 0. The number of aryl methyl sites for hydroxylation is 1. The van der Waals surface area contributed by atoms with Gasteiger partial charge in [0.05, 0.1) is 15.6 Å². The lowest BCUT2D eigenvalue weighted by Gasteiger charge is -2.09.